The number of fused-ring (bicyclic) bond motifs is 1. The van der Waals surface area contributed by atoms with Crippen LogP contribution in [-0.4, -0.2) is 30.2 Å². The molecule has 0 aliphatic carbocycles. The number of nitrogens with one attached hydrogen (secondary N) is 1. The van der Waals surface area contributed by atoms with E-state index in [-0.39, 0.29) is 5.91 Å². The van der Waals surface area contributed by atoms with Crippen molar-refractivity contribution in [2.75, 3.05) is 11.1 Å². The van der Waals surface area contributed by atoms with E-state index in [0.29, 0.717) is 17.1 Å². The molecule has 8 heteroatoms. The first-order chi connectivity index (χ1) is 16.8. The third-order valence-corrected chi connectivity index (χ3v) is 5.94. The van der Waals surface area contributed by atoms with Crippen LogP contribution in [0.1, 0.15) is 12.6 Å². The number of nitrogen functional groups attached to an aromatic ring is 1. The lowest BCUT2D eigenvalue weighted by Crippen LogP contribution is -2.11. The third-order valence-electron chi connectivity index (χ3n) is 5.94. The zero-order valence-corrected chi connectivity index (χ0v) is 19.8. The number of nitrogens with two attached hydrogens (primary N) is 1. The summed E-state index contributed by atoms with van der Waals surface area (Å²) in [7, 11) is 1.96. The summed E-state index contributed by atoms with van der Waals surface area (Å²) < 4.78 is 3.87. The second-order valence-corrected chi connectivity index (χ2v) is 8.50. The molecule has 1 amide bonds. The maximum Gasteiger partial charge on any atom is 0.250 e. The molecule has 0 radical (unpaired) electrons. The van der Waals surface area contributed by atoms with Crippen molar-refractivity contribution in [3.63, 3.8) is 0 Å². The van der Waals surface area contributed by atoms with Crippen molar-refractivity contribution >= 4 is 28.4 Å². The second kappa shape index (κ2) is 8.57. The monoisotopic (exact) mass is 463 g/mol. The largest absolute Gasteiger partial charge is 0.383 e. The molecular weight excluding hydrogens is 438 g/mol. The Morgan fingerprint density at radius 1 is 1.00 bits per heavy atom. The fraction of sp³-hybridized carbons (Fsp3) is 0.111. The van der Waals surface area contributed by atoms with Crippen LogP contribution in [0, 0.1) is 6.92 Å². The van der Waals surface area contributed by atoms with Gasteiger partial charge < -0.3 is 15.6 Å². The van der Waals surface area contributed by atoms with Crippen LogP contribution < -0.4 is 11.1 Å². The summed E-state index contributed by atoms with van der Waals surface area (Å²) in [6.45, 7) is 7.33. The van der Waals surface area contributed by atoms with Gasteiger partial charge in [0.15, 0.2) is 0 Å². The Hall–Kier alpha value is -4.72. The fourth-order valence-corrected chi connectivity index (χ4v) is 4.18. The predicted molar refractivity (Wildman–Crippen MR) is 139 cm³/mol. The fourth-order valence-electron chi connectivity index (χ4n) is 4.18. The van der Waals surface area contributed by atoms with E-state index in [1.165, 1.54) is 6.33 Å². The first-order valence-corrected chi connectivity index (χ1v) is 11.1. The van der Waals surface area contributed by atoms with Gasteiger partial charge >= 0.3 is 0 Å². The Labute approximate surface area is 202 Å². The van der Waals surface area contributed by atoms with Crippen LogP contribution in [0.4, 0.5) is 11.5 Å². The molecule has 3 heterocycles. The summed E-state index contributed by atoms with van der Waals surface area (Å²) in [5.74, 6) is 0.211. The maximum absolute atomic E-state index is 12.0. The molecule has 0 aliphatic heterocycles. The number of anilines is 2. The van der Waals surface area contributed by atoms with Crippen molar-refractivity contribution in [1.29, 1.82) is 0 Å². The van der Waals surface area contributed by atoms with Gasteiger partial charge in [0.2, 0.25) is 0 Å². The summed E-state index contributed by atoms with van der Waals surface area (Å²) in [6, 6.07) is 17.8. The predicted octanol–water partition coefficient (Wildman–Crippen LogP) is 4.89. The lowest BCUT2D eigenvalue weighted by atomic mass is 9.98. The van der Waals surface area contributed by atoms with E-state index < -0.39 is 0 Å². The molecule has 0 atom stereocenters. The SMILES string of the molecule is C=C(C)C(=O)Nc1ccc(-c2c(-c3ccc(-n4ccc(C)n4)cc3)c3c(N)ncnc3n2C)cc1. The smallest absolute Gasteiger partial charge is 0.250 e. The molecule has 5 rings (SSSR count). The van der Waals surface area contributed by atoms with Gasteiger partial charge in [-0.3, -0.25) is 4.79 Å². The average molecular weight is 464 g/mol. The van der Waals surface area contributed by atoms with E-state index in [1.807, 2.05) is 71.9 Å². The highest BCUT2D eigenvalue weighted by molar-refractivity contribution is 6.08. The highest BCUT2D eigenvalue weighted by Crippen LogP contribution is 2.41. The molecule has 0 bridgehead atoms. The van der Waals surface area contributed by atoms with E-state index in [0.717, 1.165) is 44.8 Å². The molecule has 0 fully saturated rings. The number of hydrogen-bond acceptors (Lipinski definition) is 5. The molecule has 3 aromatic heterocycles. The van der Waals surface area contributed by atoms with Crippen LogP contribution in [0.2, 0.25) is 0 Å². The summed E-state index contributed by atoms with van der Waals surface area (Å²) in [6.07, 6.45) is 3.42. The van der Waals surface area contributed by atoms with Crippen LogP contribution in [0.5, 0.6) is 0 Å². The molecule has 0 aliphatic rings. The minimum absolute atomic E-state index is 0.210. The second-order valence-electron chi connectivity index (χ2n) is 8.50. The molecule has 3 N–H and O–H groups in total. The van der Waals surface area contributed by atoms with Crippen LogP contribution in [0.15, 0.2) is 79.3 Å². The summed E-state index contributed by atoms with van der Waals surface area (Å²) in [5.41, 5.74) is 14.0. The number of nitrogens with zero attached hydrogens (tertiary/aromatic N) is 5. The van der Waals surface area contributed by atoms with Crippen molar-refractivity contribution < 1.29 is 4.79 Å². The number of aromatic nitrogens is 5. The molecule has 0 saturated heterocycles. The lowest BCUT2D eigenvalue weighted by molar-refractivity contribution is -0.112. The van der Waals surface area contributed by atoms with Gasteiger partial charge in [-0.25, -0.2) is 14.6 Å². The molecular formula is C27H25N7O. The van der Waals surface area contributed by atoms with E-state index in [2.05, 4.69) is 39.1 Å². The van der Waals surface area contributed by atoms with Crippen LogP contribution in [0.3, 0.4) is 0 Å². The number of carbonyl (C=O) groups excluding carboxylic acids is 1. The number of hydrogen-bond donors (Lipinski definition) is 2. The third kappa shape index (κ3) is 3.95. The van der Waals surface area contributed by atoms with E-state index in [1.54, 1.807) is 6.92 Å². The lowest BCUT2D eigenvalue weighted by Gasteiger charge is -2.11. The zero-order chi connectivity index (χ0) is 24.7. The van der Waals surface area contributed by atoms with Crippen LogP contribution in [-0.2, 0) is 11.8 Å². The van der Waals surface area contributed by atoms with E-state index >= 15 is 0 Å². The van der Waals surface area contributed by atoms with E-state index in [9.17, 15) is 4.79 Å². The minimum atomic E-state index is -0.210. The van der Waals surface area contributed by atoms with Gasteiger partial charge in [-0.05, 0) is 55.3 Å². The number of benzene rings is 2. The van der Waals surface area contributed by atoms with Gasteiger partial charge in [0.1, 0.15) is 17.8 Å². The van der Waals surface area contributed by atoms with Crippen molar-refractivity contribution in [2.45, 2.75) is 13.8 Å². The Bertz CT molecular complexity index is 1570. The Kier molecular flexibility index (Phi) is 5.41. The van der Waals surface area contributed by atoms with Gasteiger partial charge in [-0.2, -0.15) is 5.10 Å². The van der Waals surface area contributed by atoms with Crippen LogP contribution >= 0.6 is 0 Å². The molecule has 0 saturated carbocycles. The quantitative estimate of drug-likeness (QED) is 0.361. The van der Waals surface area contributed by atoms with Crippen molar-refractivity contribution in [1.82, 2.24) is 24.3 Å². The molecule has 5 aromatic rings. The Morgan fingerprint density at radius 2 is 1.69 bits per heavy atom. The number of amides is 1. The van der Waals surface area contributed by atoms with Gasteiger partial charge in [-0.1, -0.05) is 30.8 Å². The van der Waals surface area contributed by atoms with Crippen molar-refractivity contribution in [2.24, 2.45) is 7.05 Å². The van der Waals surface area contributed by atoms with Gasteiger partial charge in [0.25, 0.3) is 5.91 Å². The molecule has 174 valence electrons. The van der Waals surface area contributed by atoms with E-state index in [4.69, 9.17) is 5.73 Å². The number of aryl methyl sites for hydroxylation is 2. The minimum Gasteiger partial charge on any atom is -0.383 e. The Balaban J connectivity index is 1.64. The number of rotatable bonds is 5. The molecule has 35 heavy (non-hydrogen) atoms. The normalized spacial score (nSPS) is 11.1. The summed E-state index contributed by atoms with van der Waals surface area (Å²) >= 11 is 0. The standard InChI is InChI=1S/C27H25N7O/c1-16(2)27(35)31-20-9-5-19(6-10-20)24-22(23-25(28)29-15-30-26(23)33(24)4)18-7-11-21(12-8-18)34-14-13-17(3)32-34/h5-15H,1H2,2-4H3,(H,31,35)(H2,28,29,30). The Morgan fingerprint density at radius 3 is 2.31 bits per heavy atom. The summed E-state index contributed by atoms with van der Waals surface area (Å²) in [5, 5.41) is 8.14. The highest BCUT2D eigenvalue weighted by atomic mass is 16.1. The van der Waals surface area contributed by atoms with Crippen LogP contribution in [0.25, 0.3) is 39.1 Å². The number of carbonyl (C=O) groups is 1. The molecule has 0 spiro atoms. The average Bonchev–Trinajstić information content (AvgIpc) is 3.41. The first kappa shape index (κ1) is 22.1. The van der Waals surface area contributed by atoms with Gasteiger partial charge in [0.05, 0.1) is 22.5 Å². The zero-order valence-electron chi connectivity index (χ0n) is 19.8. The van der Waals surface area contributed by atoms with Gasteiger partial charge in [-0.15, -0.1) is 0 Å². The van der Waals surface area contributed by atoms with Gasteiger partial charge in [0, 0.05) is 30.1 Å². The molecule has 8 nitrogen and oxygen atoms in total. The topological polar surface area (TPSA) is 104 Å². The molecule has 2 aromatic carbocycles. The van der Waals surface area contributed by atoms with Crippen molar-refractivity contribution in [3.05, 3.63) is 85.0 Å². The first-order valence-electron chi connectivity index (χ1n) is 11.1. The maximum atomic E-state index is 12.0. The van der Waals surface area contributed by atoms with Crippen molar-refractivity contribution in [3.8, 4) is 28.1 Å². The highest BCUT2D eigenvalue weighted by Gasteiger charge is 2.22. The summed E-state index contributed by atoms with van der Waals surface area (Å²) in [4.78, 5) is 20.8. The molecule has 0 unspecified atom stereocenters.